The molecule has 3 aromatic rings. The lowest BCUT2D eigenvalue weighted by Gasteiger charge is -2.19. The van der Waals surface area contributed by atoms with E-state index in [2.05, 4.69) is 20.2 Å². The molecule has 1 aliphatic rings. The molecule has 1 amide bonds. The average molecular weight is 470 g/mol. The number of primary amides is 1. The second-order valence-corrected chi connectivity index (χ2v) is 8.29. The zero-order valence-corrected chi connectivity index (χ0v) is 19.2. The van der Waals surface area contributed by atoms with E-state index in [0.29, 0.717) is 30.2 Å². The maximum absolute atomic E-state index is 11.0. The quantitative estimate of drug-likeness (QED) is 0.320. The first kappa shape index (κ1) is 23.7. The smallest absolute Gasteiger partial charge is 0.242 e. The maximum atomic E-state index is 11.0. The SMILES string of the molecule is N#CC(=CC(N)=O)CCN1CCC(Nc2ncnc(N)c2-c2ccc(Oc3ccccc3)cc2)C1. The highest BCUT2D eigenvalue weighted by Crippen LogP contribution is 2.33. The first-order chi connectivity index (χ1) is 17.0. The standard InChI is InChI=1S/C26H27N7O2/c27-15-18(14-23(28)34)10-12-33-13-11-20(16-33)32-26-24(25(29)30-17-31-26)19-6-8-22(9-7-19)35-21-4-2-1-3-5-21/h1-9,14,17,20H,10-13,16H2,(H2,28,34)(H3,29,30,31,32). The van der Waals surface area contributed by atoms with Crippen LogP contribution >= 0.6 is 0 Å². The third kappa shape index (κ3) is 6.34. The normalized spacial score (nSPS) is 16.0. The number of nitrogens with two attached hydrogens (primary N) is 2. The van der Waals surface area contributed by atoms with Gasteiger partial charge in [0.2, 0.25) is 5.91 Å². The molecule has 35 heavy (non-hydrogen) atoms. The van der Waals surface area contributed by atoms with Gasteiger partial charge < -0.3 is 26.4 Å². The number of carbonyl (C=O) groups excluding carboxylic acids is 1. The number of likely N-dealkylation sites (tertiary alicyclic amines) is 1. The Morgan fingerprint density at radius 2 is 1.91 bits per heavy atom. The van der Waals surface area contributed by atoms with E-state index in [1.807, 2.05) is 60.7 Å². The van der Waals surface area contributed by atoms with Crippen molar-refractivity contribution < 1.29 is 9.53 Å². The molecule has 1 aromatic heterocycles. The molecule has 4 rings (SSSR count). The van der Waals surface area contributed by atoms with Crippen molar-refractivity contribution >= 4 is 17.5 Å². The number of ether oxygens (including phenoxy) is 1. The molecule has 9 nitrogen and oxygen atoms in total. The molecule has 2 aromatic carbocycles. The predicted octanol–water partition coefficient (Wildman–Crippen LogP) is 3.33. The molecule has 178 valence electrons. The summed E-state index contributed by atoms with van der Waals surface area (Å²) in [4.78, 5) is 21.9. The summed E-state index contributed by atoms with van der Waals surface area (Å²) in [6, 6.07) is 19.5. The highest BCUT2D eigenvalue weighted by Gasteiger charge is 2.24. The Labute approximate surface area is 204 Å². The lowest BCUT2D eigenvalue weighted by Crippen LogP contribution is -2.28. The summed E-state index contributed by atoms with van der Waals surface area (Å²) in [5.41, 5.74) is 13.4. The molecular formula is C26H27N7O2. The van der Waals surface area contributed by atoms with Gasteiger partial charge in [0.05, 0.1) is 11.6 Å². The van der Waals surface area contributed by atoms with Gasteiger partial charge >= 0.3 is 0 Å². The van der Waals surface area contributed by atoms with Gasteiger partial charge in [-0.25, -0.2) is 9.97 Å². The largest absolute Gasteiger partial charge is 0.457 e. The highest BCUT2D eigenvalue weighted by atomic mass is 16.5. The van der Waals surface area contributed by atoms with Crippen LogP contribution in [0.3, 0.4) is 0 Å². The lowest BCUT2D eigenvalue weighted by molar-refractivity contribution is -0.113. The van der Waals surface area contributed by atoms with Crippen molar-refractivity contribution in [1.29, 1.82) is 5.26 Å². The molecule has 0 spiro atoms. The van der Waals surface area contributed by atoms with Gasteiger partial charge in [-0.3, -0.25) is 4.79 Å². The molecular weight excluding hydrogens is 442 g/mol. The summed E-state index contributed by atoms with van der Waals surface area (Å²) in [7, 11) is 0. The number of nitrogens with zero attached hydrogens (tertiary/aromatic N) is 4. The number of para-hydroxylation sites is 1. The number of nitriles is 1. The van der Waals surface area contributed by atoms with Gasteiger partial charge in [0.25, 0.3) is 0 Å². The fraction of sp³-hybridized carbons (Fsp3) is 0.231. The first-order valence-electron chi connectivity index (χ1n) is 11.3. The minimum atomic E-state index is -0.601. The van der Waals surface area contributed by atoms with Crippen LogP contribution < -0.4 is 21.5 Å². The molecule has 1 saturated heterocycles. The highest BCUT2D eigenvalue weighted by molar-refractivity contribution is 5.87. The summed E-state index contributed by atoms with van der Waals surface area (Å²) < 4.78 is 5.88. The number of hydrogen-bond donors (Lipinski definition) is 3. The Morgan fingerprint density at radius 1 is 1.17 bits per heavy atom. The second kappa shape index (κ2) is 11.1. The van der Waals surface area contributed by atoms with Crippen LogP contribution in [0.15, 0.2) is 72.6 Å². The molecule has 0 saturated carbocycles. The van der Waals surface area contributed by atoms with Crippen LogP contribution in [0.25, 0.3) is 11.1 Å². The number of amides is 1. The molecule has 1 fully saturated rings. The van der Waals surface area contributed by atoms with Crippen molar-refractivity contribution in [2.24, 2.45) is 5.73 Å². The molecule has 0 radical (unpaired) electrons. The van der Waals surface area contributed by atoms with E-state index < -0.39 is 5.91 Å². The third-order valence-electron chi connectivity index (χ3n) is 5.77. The number of nitrogen functional groups attached to an aromatic ring is 1. The number of rotatable bonds is 9. The number of aromatic nitrogens is 2. The van der Waals surface area contributed by atoms with Crippen LogP contribution in [-0.2, 0) is 4.79 Å². The van der Waals surface area contributed by atoms with Gasteiger partial charge in [-0.05, 0) is 42.7 Å². The lowest BCUT2D eigenvalue weighted by atomic mass is 10.1. The van der Waals surface area contributed by atoms with Crippen molar-refractivity contribution in [2.75, 3.05) is 30.7 Å². The molecule has 0 aliphatic carbocycles. The zero-order chi connectivity index (χ0) is 24.6. The van der Waals surface area contributed by atoms with Gasteiger partial charge in [0.1, 0.15) is 29.5 Å². The Kier molecular flexibility index (Phi) is 7.55. The average Bonchev–Trinajstić information content (AvgIpc) is 3.30. The number of carbonyl (C=O) groups is 1. The van der Waals surface area contributed by atoms with E-state index in [4.69, 9.17) is 21.5 Å². The number of anilines is 2. The molecule has 1 aliphatic heterocycles. The van der Waals surface area contributed by atoms with Crippen LogP contribution in [0.4, 0.5) is 11.6 Å². The molecule has 5 N–H and O–H groups in total. The van der Waals surface area contributed by atoms with Gasteiger partial charge in [-0.15, -0.1) is 0 Å². The number of benzene rings is 2. The van der Waals surface area contributed by atoms with E-state index >= 15 is 0 Å². The van der Waals surface area contributed by atoms with Crippen LogP contribution in [0.5, 0.6) is 11.5 Å². The Balaban J connectivity index is 1.42. The van der Waals surface area contributed by atoms with E-state index in [1.54, 1.807) is 0 Å². The minimum Gasteiger partial charge on any atom is -0.457 e. The fourth-order valence-corrected chi connectivity index (χ4v) is 4.07. The van der Waals surface area contributed by atoms with Crippen LogP contribution in [0, 0.1) is 11.3 Å². The topological polar surface area (TPSA) is 143 Å². The number of nitrogens with one attached hydrogen (secondary N) is 1. The summed E-state index contributed by atoms with van der Waals surface area (Å²) in [6.07, 6.45) is 4.04. The van der Waals surface area contributed by atoms with Gasteiger partial charge in [-0.1, -0.05) is 30.3 Å². The van der Waals surface area contributed by atoms with Gasteiger partial charge in [0.15, 0.2) is 0 Å². The summed E-state index contributed by atoms with van der Waals surface area (Å²) in [5.74, 6) is 1.95. The summed E-state index contributed by atoms with van der Waals surface area (Å²) >= 11 is 0. The van der Waals surface area contributed by atoms with Crippen molar-refractivity contribution in [3.63, 3.8) is 0 Å². The Bertz CT molecular complexity index is 1240. The minimum absolute atomic E-state index is 0.161. The van der Waals surface area contributed by atoms with E-state index in [1.165, 1.54) is 12.4 Å². The second-order valence-electron chi connectivity index (χ2n) is 8.29. The summed E-state index contributed by atoms with van der Waals surface area (Å²) in [5, 5.41) is 12.7. The third-order valence-corrected chi connectivity index (χ3v) is 5.77. The molecule has 2 heterocycles. The summed E-state index contributed by atoms with van der Waals surface area (Å²) in [6.45, 7) is 2.32. The Morgan fingerprint density at radius 3 is 2.63 bits per heavy atom. The van der Waals surface area contributed by atoms with Crippen molar-refractivity contribution in [2.45, 2.75) is 18.9 Å². The van der Waals surface area contributed by atoms with Crippen LogP contribution in [0.1, 0.15) is 12.8 Å². The molecule has 1 atom stereocenters. The van der Waals surface area contributed by atoms with Crippen LogP contribution in [0.2, 0.25) is 0 Å². The van der Waals surface area contributed by atoms with Crippen molar-refractivity contribution in [3.05, 3.63) is 72.6 Å². The number of hydrogen-bond acceptors (Lipinski definition) is 8. The molecule has 1 unspecified atom stereocenters. The maximum Gasteiger partial charge on any atom is 0.242 e. The van der Waals surface area contributed by atoms with E-state index in [9.17, 15) is 4.79 Å². The monoisotopic (exact) mass is 469 g/mol. The van der Waals surface area contributed by atoms with E-state index in [-0.39, 0.29) is 6.04 Å². The van der Waals surface area contributed by atoms with E-state index in [0.717, 1.165) is 42.1 Å². The molecule has 9 heteroatoms. The first-order valence-corrected chi connectivity index (χ1v) is 11.3. The van der Waals surface area contributed by atoms with Crippen LogP contribution in [-0.4, -0.2) is 46.5 Å². The Hall–Kier alpha value is -4.42. The zero-order valence-electron chi connectivity index (χ0n) is 19.2. The predicted molar refractivity (Wildman–Crippen MR) is 134 cm³/mol. The van der Waals surface area contributed by atoms with Crippen molar-refractivity contribution in [3.8, 4) is 28.7 Å². The fourth-order valence-electron chi connectivity index (χ4n) is 4.07. The van der Waals surface area contributed by atoms with Crippen molar-refractivity contribution in [1.82, 2.24) is 14.9 Å². The molecule has 0 bridgehead atoms. The van der Waals surface area contributed by atoms with Gasteiger partial charge in [-0.2, -0.15) is 5.26 Å². The van der Waals surface area contributed by atoms with Gasteiger partial charge in [0, 0.05) is 37.3 Å².